The Balaban J connectivity index is 2.29. The first-order valence-corrected chi connectivity index (χ1v) is 8.54. The Morgan fingerprint density at radius 3 is 1.91 bits per heavy atom. The minimum absolute atomic E-state index is 0.0812. The van der Waals surface area contributed by atoms with Crippen LogP contribution in [0.3, 0.4) is 0 Å². The van der Waals surface area contributed by atoms with E-state index in [1.807, 2.05) is 36.4 Å². The number of aryl methyl sites for hydroxylation is 1. The molecule has 0 radical (unpaired) electrons. The molecule has 2 aromatic rings. The predicted octanol–water partition coefficient (Wildman–Crippen LogP) is 5.58. The van der Waals surface area contributed by atoms with E-state index in [9.17, 15) is 4.79 Å². The van der Waals surface area contributed by atoms with E-state index >= 15 is 0 Å². The summed E-state index contributed by atoms with van der Waals surface area (Å²) in [6.07, 6.45) is 2.36. The summed E-state index contributed by atoms with van der Waals surface area (Å²) in [6.45, 7) is 8.71. The molecule has 1 heteroatoms. The Kier molecular flexibility index (Phi) is 5.41. The maximum absolute atomic E-state index is 13.2. The van der Waals surface area contributed by atoms with Gasteiger partial charge in [-0.15, -0.1) is 0 Å². The van der Waals surface area contributed by atoms with E-state index in [4.69, 9.17) is 0 Å². The summed E-state index contributed by atoms with van der Waals surface area (Å²) in [6, 6.07) is 20.5. The maximum Gasteiger partial charge on any atom is 0.143 e. The van der Waals surface area contributed by atoms with E-state index in [0.29, 0.717) is 12.2 Å². The highest BCUT2D eigenvalue weighted by molar-refractivity contribution is 5.90. The number of ketones is 1. The average Bonchev–Trinajstić information content (AvgIpc) is 2.60. The Labute approximate surface area is 140 Å². The molecular formula is C22H28O. The molecule has 0 aliphatic heterocycles. The van der Waals surface area contributed by atoms with Gasteiger partial charge in [0, 0.05) is 6.42 Å². The summed E-state index contributed by atoms with van der Waals surface area (Å²) in [4.78, 5) is 13.2. The van der Waals surface area contributed by atoms with Crippen molar-refractivity contribution in [2.24, 2.45) is 5.41 Å². The Morgan fingerprint density at radius 2 is 1.39 bits per heavy atom. The fraction of sp³-hybridized carbons (Fsp3) is 0.409. The van der Waals surface area contributed by atoms with E-state index in [0.717, 1.165) is 18.4 Å². The summed E-state index contributed by atoms with van der Waals surface area (Å²) in [5.74, 6) is 0.333. The van der Waals surface area contributed by atoms with Crippen LogP contribution in [-0.2, 0) is 16.6 Å². The number of rotatable bonds is 7. The van der Waals surface area contributed by atoms with Crippen LogP contribution in [0.2, 0.25) is 0 Å². The molecule has 1 atom stereocenters. The first-order valence-electron chi connectivity index (χ1n) is 8.54. The first-order chi connectivity index (χ1) is 10.9. The fourth-order valence-electron chi connectivity index (χ4n) is 3.21. The second-order valence-electron chi connectivity index (χ2n) is 7.14. The van der Waals surface area contributed by atoms with Crippen molar-refractivity contribution in [2.45, 2.75) is 52.4 Å². The minimum atomic E-state index is -0.461. The van der Waals surface area contributed by atoms with Gasteiger partial charge in [0.1, 0.15) is 5.78 Å². The van der Waals surface area contributed by atoms with Crippen molar-refractivity contribution in [2.75, 3.05) is 0 Å². The number of carbonyl (C=O) groups excluding carboxylic acids is 1. The third-order valence-corrected chi connectivity index (χ3v) is 5.63. The van der Waals surface area contributed by atoms with Crippen LogP contribution in [0.4, 0.5) is 0 Å². The highest BCUT2D eigenvalue weighted by Gasteiger charge is 2.46. The zero-order valence-corrected chi connectivity index (χ0v) is 14.8. The van der Waals surface area contributed by atoms with E-state index in [-0.39, 0.29) is 5.41 Å². The van der Waals surface area contributed by atoms with Crippen LogP contribution in [-0.4, -0.2) is 5.78 Å². The lowest BCUT2D eigenvalue weighted by molar-refractivity contribution is -0.128. The topological polar surface area (TPSA) is 17.1 Å². The van der Waals surface area contributed by atoms with Gasteiger partial charge in [0.15, 0.2) is 0 Å². The van der Waals surface area contributed by atoms with Gasteiger partial charge in [-0.05, 0) is 36.3 Å². The molecule has 0 bridgehead atoms. The molecule has 0 aromatic heterocycles. The van der Waals surface area contributed by atoms with E-state index in [1.165, 1.54) is 5.56 Å². The van der Waals surface area contributed by atoms with Gasteiger partial charge in [-0.25, -0.2) is 0 Å². The molecule has 23 heavy (non-hydrogen) atoms. The van der Waals surface area contributed by atoms with Crippen molar-refractivity contribution in [3.63, 3.8) is 0 Å². The van der Waals surface area contributed by atoms with Crippen LogP contribution in [0.25, 0.3) is 0 Å². The van der Waals surface area contributed by atoms with Crippen LogP contribution in [0.15, 0.2) is 60.7 Å². The van der Waals surface area contributed by atoms with Gasteiger partial charge < -0.3 is 0 Å². The fourth-order valence-corrected chi connectivity index (χ4v) is 3.21. The third-order valence-electron chi connectivity index (χ3n) is 5.63. The lowest BCUT2D eigenvalue weighted by Gasteiger charge is -2.43. The molecule has 122 valence electrons. The lowest BCUT2D eigenvalue weighted by Crippen LogP contribution is -2.46. The summed E-state index contributed by atoms with van der Waals surface area (Å²) >= 11 is 0. The molecule has 0 saturated heterocycles. The number of hydrogen-bond donors (Lipinski definition) is 0. The van der Waals surface area contributed by atoms with Crippen LogP contribution in [0.1, 0.15) is 51.7 Å². The van der Waals surface area contributed by atoms with Gasteiger partial charge in [0.25, 0.3) is 0 Å². The van der Waals surface area contributed by atoms with E-state index in [1.54, 1.807) is 0 Å². The standard InChI is InChI=1S/C22H28O/c1-5-21(2,3)22(4,19-14-10-7-11-15-19)20(23)17-16-18-12-8-6-9-13-18/h6-15H,5,16-17H2,1-4H3. The molecule has 0 heterocycles. The van der Waals surface area contributed by atoms with Crippen molar-refractivity contribution < 1.29 is 4.79 Å². The summed E-state index contributed by atoms with van der Waals surface area (Å²) < 4.78 is 0. The number of hydrogen-bond acceptors (Lipinski definition) is 1. The van der Waals surface area contributed by atoms with Crippen LogP contribution in [0.5, 0.6) is 0 Å². The zero-order valence-electron chi connectivity index (χ0n) is 14.8. The van der Waals surface area contributed by atoms with Gasteiger partial charge in [0.05, 0.1) is 5.41 Å². The van der Waals surface area contributed by atoms with Crippen LogP contribution < -0.4 is 0 Å². The van der Waals surface area contributed by atoms with Crippen LogP contribution >= 0.6 is 0 Å². The highest BCUT2D eigenvalue weighted by atomic mass is 16.1. The maximum atomic E-state index is 13.2. The number of carbonyl (C=O) groups is 1. The van der Waals surface area contributed by atoms with Gasteiger partial charge >= 0.3 is 0 Å². The molecule has 0 spiro atoms. The Hall–Kier alpha value is -1.89. The minimum Gasteiger partial charge on any atom is -0.299 e. The smallest absolute Gasteiger partial charge is 0.143 e. The SMILES string of the molecule is CCC(C)(C)C(C)(C(=O)CCc1ccccc1)c1ccccc1. The van der Waals surface area contributed by atoms with Gasteiger partial charge in [-0.3, -0.25) is 4.79 Å². The highest BCUT2D eigenvalue weighted by Crippen LogP contribution is 2.45. The second kappa shape index (κ2) is 7.12. The van der Waals surface area contributed by atoms with Gasteiger partial charge in [-0.2, -0.15) is 0 Å². The molecule has 2 rings (SSSR count). The van der Waals surface area contributed by atoms with Crippen LogP contribution in [0, 0.1) is 5.41 Å². The molecule has 0 aliphatic carbocycles. The first kappa shape index (κ1) is 17.5. The Morgan fingerprint density at radius 1 is 0.870 bits per heavy atom. The van der Waals surface area contributed by atoms with Gasteiger partial charge in [-0.1, -0.05) is 81.4 Å². The quantitative estimate of drug-likeness (QED) is 0.652. The number of Topliss-reactive ketones (excluding diaryl/α,β-unsaturated/α-hetero) is 1. The largest absolute Gasteiger partial charge is 0.299 e. The van der Waals surface area contributed by atoms with E-state index in [2.05, 4.69) is 52.0 Å². The molecule has 2 aromatic carbocycles. The monoisotopic (exact) mass is 308 g/mol. The second-order valence-corrected chi connectivity index (χ2v) is 7.14. The lowest BCUT2D eigenvalue weighted by atomic mass is 9.59. The predicted molar refractivity (Wildman–Crippen MR) is 97.6 cm³/mol. The summed E-state index contributed by atoms with van der Waals surface area (Å²) in [5, 5.41) is 0. The van der Waals surface area contributed by atoms with Crippen molar-refractivity contribution in [1.82, 2.24) is 0 Å². The molecule has 0 saturated carbocycles. The molecule has 1 nitrogen and oxygen atoms in total. The third kappa shape index (κ3) is 3.55. The van der Waals surface area contributed by atoms with Crippen molar-refractivity contribution in [1.29, 1.82) is 0 Å². The molecule has 0 amide bonds. The Bertz CT molecular complexity index is 628. The molecule has 1 unspecified atom stereocenters. The number of benzene rings is 2. The molecule has 0 aliphatic rings. The van der Waals surface area contributed by atoms with E-state index < -0.39 is 5.41 Å². The normalized spacial score (nSPS) is 14.3. The van der Waals surface area contributed by atoms with Gasteiger partial charge in [0.2, 0.25) is 0 Å². The average molecular weight is 308 g/mol. The summed E-state index contributed by atoms with van der Waals surface area (Å²) in [5.41, 5.74) is 1.82. The van der Waals surface area contributed by atoms with Crippen molar-refractivity contribution in [3.05, 3.63) is 71.8 Å². The molecule has 0 N–H and O–H groups in total. The molecular weight excluding hydrogens is 280 g/mol. The van der Waals surface area contributed by atoms with Crippen molar-refractivity contribution >= 4 is 5.78 Å². The summed E-state index contributed by atoms with van der Waals surface area (Å²) in [7, 11) is 0. The zero-order chi connectivity index (χ0) is 16.9. The van der Waals surface area contributed by atoms with Crippen molar-refractivity contribution in [3.8, 4) is 0 Å². The molecule has 0 fully saturated rings.